The number of rotatable bonds is 4. The highest BCUT2D eigenvalue weighted by molar-refractivity contribution is 7.13. The smallest absolute Gasteiger partial charge is 0.433 e. The van der Waals surface area contributed by atoms with Crippen LogP contribution in [0.4, 0.5) is 13.2 Å². The molecule has 0 bridgehead atoms. The van der Waals surface area contributed by atoms with E-state index >= 15 is 0 Å². The first-order chi connectivity index (χ1) is 11.5. The Labute approximate surface area is 144 Å². The summed E-state index contributed by atoms with van der Waals surface area (Å²) in [7, 11) is 0. The molecule has 0 aliphatic rings. The molecule has 2 aromatic heterocycles. The lowest BCUT2D eigenvalue weighted by molar-refractivity contribution is -0.141. The maximum absolute atomic E-state index is 12.6. The molecule has 6 nitrogen and oxygen atoms in total. The molecule has 1 amide bonds. The third kappa shape index (κ3) is 4.13. The highest BCUT2D eigenvalue weighted by Gasteiger charge is 2.33. The number of aromatic nitrogens is 2. The minimum Gasteiger partial charge on any atom is -0.477 e. The number of alkyl halides is 3. The van der Waals surface area contributed by atoms with Crippen LogP contribution >= 0.6 is 11.3 Å². The zero-order valence-electron chi connectivity index (χ0n) is 13.4. The van der Waals surface area contributed by atoms with Crippen LogP contribution in [0.2, 0.25) is 0 Å². The van der Waals surface area contributed by atoms with Gasteiger partial charge in [0.2, 0.25) is 0 Å². The van der Waals surface area contributed by atoms with Crippen molar-refractivity contribution in [2.75, 3.05) is 0 Å². The highest BCUT2D eigenvalue weighted by atomic mass is 32.1. The van der Waals surface area contributed by atoms with Gasteiger partial charge in [0, 0.05) is 0 Å². The molecule has 2 N–H and O–H groups in total. The van der Waals surface area contributed by atoms with Gasteiger partial charge < -0.3 is 10.4 Å². The summed E-state index contributed by atoms with van der Waals surface area (Å²) in [6.07, 6.45) is -4.58. The minimum atomic E-state index is -4.58. The topological polar surface area (TPSA) is 92.2 Å². The van der Waals surface area contributed by atoms with E-state index in [-0.39, 0.29) is 16.1 Å². The van der Waals surface area contributed by atoms with E-state index < -0.39 is 29.8 Å². The van der Waals surface area contributed by atoms with Crippen molar-refractivity contribution in [3.05, 3.63) is 44.7 Å². The van der Waals surface area contributed by atoms with E-state index in [9.17, 15) is 22.8 Å². The summed E-state index contributed by atoms with van der Waals surface area (Å²) in [6, 6.07) is 1.19. The van der Waals surface area contributed by atoms with Gasteiger partial charge in [-0.05, 0) is 32.9 Å². The van der Waals surface area contributed by atoms with Gasteiger partial charge in [-0.2, -0.15) is 13.2 Å². The summed E-state index contributed by atoms with van der Waals surface area (Å²) in [5.41, 5.74) is -0.787. The van der Waals surface area contributed by atoms with Crippen LogP contribution in [-0.4, -0.2) is 27.0 Å². The minimum absolute atomic E-state index is 0.00610. The van der Waals surface area contributed by atoms with Gasteiger partial charge in [0.25, 0.3) is 5.91 Å². The summed E-state index contributed by atoms with van der Waals surface area (Å²) < 4.78 is 37.9. The second-order valence-electron chi connectivity index (χ2n) is 5.29. The Kier molecular flexibility index (Phi) is 5.12. The monoisotopic (exact) mass is 373 g/mol. The number of carbonyl (C=O) groups excluding carboxylic acids is 1. The lowest BCUT2D eigenvalue weighted by atomic mass is 10.1. The third-order valence-electron chi connectivity index (χ3n) is 3.35. The Morgan fingerprint density at radius 3 is 2.32 bits per heavy atom. The Morgan fingerprint density at radius 1 is 1.20 bits per heavy atom. The van der Waals surface area contributed by atoms with Gasteiger partial charge in [-0.3, -0.25) is 4.79 Å². The van der Waals surface area contributed by atoms with Crippen LogP contribution in [0.15, 0.2) is 12.1 Å². The average molecular weight is 373 g/mol. The standard InChI is InChI=1S/C15H14F3N3O3S/c1-6-9(4-5-10(19-6)15(16,17)18)12(22)20-8(3)13-21-7(2)11(25-13)14(23)24/h4-5,8H,1-3H3,(H,20,22)(H,23,24). The number of carboxylic acids is 1. The molecular weight excluding hydrogens is 359 g/mol. The highest BCUT2D eigenvalue weighted by Crippen LogP contribution is 2.28. The Balaban J connectivity index is 2.19. The Bertz CT molecular complexity index is 833. The number of aromatic carboxylic acids is 1. The molecule has 2 aromatic rings. The number of nitrogens with zero attached hydrogens (tertiary/aromatic N) is 2. The van der Waals surface area contributed by atoms with E-state index in [2.05, 4.69) is 15.3 Å². The fourth-order valence-electron chi connectivity index (χ4n) is 2.10. The molecular formula is C15H14F3N3O3S. The molecule has 2 rings (SSSR count). The van der Waals surface area contributed by atoms with Crippen LogP contribution in [0.25, 0.3) is 0 Å². The van der Waals surface area contributed by atoms with Crippen molar-refractivity contribution in [3.8, 4) is 0 Å². The van der Waals surface area contributed by atoms with Gasteiger partial charge in [0.05, 0.1) is 23.0 Å². The molecule has 2 heterocycles. The molecule has 0 saturated carbocycles. The predicted molar refractivity (Wildman–Crippen MR) is 83.7 cm³/mol. The second-order valence-corrected chi connectivity index (χ2v) is 6.32. The quantitative estimate of drug-likeness (QED) is 0.857. The van der Waals surface area contributed by atoms with Crippen LogP contribution < -0.4 is 5.32 Å². The van der Waals surface area contributed by atoms with Gasteiger partial charge in [-0.1, -0.05) is 0 Å². The molecule has 134 valence electrons. The number of aryl methyl sites for hydroxylation is 2. The van der Waals surface area contributed by atoms with Crippen molar-refractivity contribution >= 4 is 23.2 Å². The first kappa shape index (κ1) is 18.8. The van der Waals surface area contributed by atoms with E-state index in [1.165, 1.54) is 6.92 Å². The number of hydrogen-bond acceptors (Lipinski definition) is 5. The van der Waals surface area contributed by atoms with Crippen LogP contribution in [0.3, 0.4) is 0 Å². The number of carboxylic acid groups (broad SMARTS) is 1. The average Bonchev–Trinajstić information content (AvgIpc) is 2.88. The summed E-state index contributed by atoms with van der Waals surface area (Å²) in [5.74, 6) is -1.72. The molecule has 0 aromatic carbocycles. The van der Waals surface area contributed by atoms with Crippen molar-refractivity contribution in [2.24, 2.45) is 0 Å². The van der Waals surface area contributed by atoms with Crippen LogP contribution in [0.5, 0.6) is 0 Å². The maximum atomic E-state index is 12.6. The van der Waals surface area contributed by atoms with E-state index in [1.54, 1.807) is 13.8 Å². The van der Waals surface area contributed by atoms with Gasteiger partial charge in [-0.25, -0.2) is 14.8 Å². The first-order valence-electron chi connectivity index (χ1n) is 7.07. The van der Waals surface area contributed by atoms with Gasteiger partial charge in [0.15, 0.2) is 0 Å². The summed E-state index contributed by atoms with van der Waals surface area (Å²) in [4.78, 5) is 30.9. The first-order valence-corrected chi connectivity index (χ1v) is 7.88. The van der Waals surface area contributed by atoms with Crippen molar-refractivity contribution in [1.29, 1.82) is 0 Å². The van der Waals surface area contributed by atoms with E-state index in [0.29, 0.717) is 10.7 Å². The molecule has 0 spiro atoms. The van der Waals surface area contributed by atoms with Crippen LogP contribution in [0, 0.1) is 13.8 Å². The largest absolute Gasteiger partial charge is 0.477 e. The zero-order valence-corrected chi connectivity index (χ0v) is 14.2. The lowest BCUT2D eigenvalue weighted by Crippen LogP contribution is -2.27. The molecule has 25 heavy (non-hydrogen) atoms. The van der Waals surface area contributed by atoms with E-state index in [0.717, 1.165) is 23.5 Å². The fraction of sp³-hybridized carbons (Fsp3) is 0.333. The maximum Gasteiger partial charge on any atom is 0.433 e. The number of carbonyl (C=O) groups is 2. The predicted octanol–water partition coefficient (Wildman–Crippen LogP) is 3.36. The van der Waals surface area contributed by atoms with Crippen LogP contribution in [0.1, 0.15) is 55.1 Å². The van der Waals surface area contributed by atoms with Crippen molar-refractivity contribution in [2.45, 2.75) is 33.0 Å². The summed E-state index contributed by atoms with van der Waals surface area (Å²) in [5, 5.41) is 12.0. The summed E-state index contributed by atoms with van der Waals surface area (Å²) in [6.45, 7) is 4.46. The molecule has 0 aliphatic heterocycles. The van der Waals surface area contributed by atoms with Crippen LogP contribution in [-0.2, 0) is 6.18 Å². The van der Waals surface area contributed by atoms with Crippen molar-refractivity contribution < 1.29 is 27.9 Å². The molecule has 0 saturated heterocycles. The van der Waals surface area contributed by atoms with Crippen molar-refractivity contribution in [1.82, 2.24) is 15.3 Å². The lowest BCUT2D eigenvalue weighted by Gasteiger charge is -2.13. The van der Waals surface area contributed by atoms with E-state index in [1.807, 2.05) is 0 Å². The number of halogens is 3. The second kappa shape index (κ2) is 6.79. The third-order valence-corrected chi connectivity index (χ3v) is 4.67. The number of pyridine rings is 1. The van der Waals surface area contributed by atoms with Gasteiger partial charge in [-0.15, -0.1) is 11.3 Å². The Hall–Kier alpha value is -2.49. The fourth-order valence-corrected chi connectivity index (χ4v) is 3.00. The molecule has 1 atom stereocenters. The number of thiazole rings is 1. The van der Waals surface area contributed by atoms with Gasteiger partial charge >= 0.3 is 12.1 Å². The van der Waals surface area contributed by atoms with Gasteiger partial charge in [0.1, 0.15) is 15.6 Å². The molecule has 0 radical (unpaired) electrons. The summed E-state index contributed by atoms with van der Waals surface area (Å²) >= 11 is 0.933. The van der Waals surface area contributed by atoms with E-state index in [4.69, 9.17) is 5.11 Å². The molecule has 0 fully saturated rings. The normalized spacial score (nSPS) is 12.7. The number of hydrogen-bond donors (Lipinski definition) is 2. The molecule has 1 unspecified atom stereocenters. The Morgan fingerprint density at radius 2 is 1.84 bits per heavy atom. The zero-order chi connectivity index (χ0) is 18.9. The number of amides is 1. The molecule has 0 aliphatic carbocycles. The van der Waals surface area contributed by atoms with Crippen molar-refractivity contribution in [3.63, 3.8) is 0 Å². The number of nitrogens with one attached hydrogen (secondary N) is 1. The SMILES string of the molecule is Cc1nc(C(F)(F)F)ccc1C(=O)NC(C)c1nc(C)c(C(=O)O)s1. The molecule has 10 heteroatoms.